The molecule has 0 bridgehead atoms. The first-order chi connectivity index (χ1) is 12.2. The number of benzene rings is 2. The molecule has 0 saturated heterocycles. The molecule has 0 spiro atoms. The maximum absolute atomic E-state index is 13.8. The van der Waals surface area contributed by atoms with Crippen LogP contribution in [0.3, 0.4) is 0 Å². The topological polar surface area (TPSA) is 75.3 Å². The van der Waals surface area contributed by atoms with Crippen molar-refractivity contribution in [3.05, 3.63) is 59.4 Å². The van der Waals surface area contributed by atoms with Crippen LogP contribution >= 0.6 is 0 Å². The number of amides is 1. The predicted molar refractivity (Wildman–Crippen MR) is 90.8 cm³/mol. The Morgan fingerprint density at radius 3 is 2.38 bits per heavy atom. The lowest BCUT2D eigenvalue weighted by Gasteiger charge is -2.15. The van der Waals surface area contributed by atoms with Crippen LogP contribution in [-0.2, 0) is 10.0 Å². The Bertz CT molecular complexity index is 933. The van der Waals surface area contributed by atoms with Crippen LogP contribution in [0.2, 0.25) is 0 Å². The Hall–Kier alpha value is -2.55. The molecule has 0 heterocycles. The van der Waals surface area contributed by atoms with E-state index in [4.69, 9.17) is 0 Å². The normalized spacial score (nSPS) is 12.5. The van der Waals surface area contributed by atoms with Gasteiger partial charge in [-0.25, -0.2) is 21.6 Å². The molecular weight excluding hydrogens is 369 g/mol. The summed E-state index contributed by atoms with van der Waals surface area (Å²) in [4.78, 5) is 11.2. The highest BCUT2D eigenvalue weighted by atomic mass is 32.2. The van der Waals surface area contributed by atoms with Crippen LogP contribution < -0.4 is 10.0 Å². The van der Waals surface area contributed by atoms with Gasteiger partial charge in [0.1, 0.15) is 4.90 Å². The molecule has 1 atom stereocenters. The average molecular weight is 386 g/mol. The largest absolute Gasteiger partial charge is 0.350 e. The van der Waals surface area contributed by atoms with Gasteiger partial charge in [-0.05, 0) is 37.6 Å². The number of nitrogens with one attached hydrogen (secondary N) is 2. The third kappa shape index (κ3) is 4.16. The second kappa shape index (κ2) is 7.77. The van der Waals surface area contributed by atoms with Gasteiger partial charge in [-0.2, -0.15) is 0 Å². The van der Waals surface area contributed by atoms with Crippen LogP contribution in [0.1, 0.15) is 30.6 Å². The second-order valence-electron chi connectivity index (χ2n) is 5.61. The highest BCUT2D eigenvalue weighted by molar-refractivity contribution is 7.92. The molecule has 0 aromatic heterocycles. The first-order valence-corrected chi connectivity index (χ1v) is 9.22. The quantitative estimate of drug-likeness (QED) is 0.747. The van der Waals surface area contributed by atoms with Crippen LogP contribution in [0.4, 0.5) is 18.9 Å². The van der Waals surface area contributed by atoms with Crippen molar-refractivity contribution in [1.29, 1.82) is 0 Å². The van der Waals surface area contributed by atoms with Crippen LogP contribution in [0.15, 0.2) is 41.3 Å². The smallest absolute Gasteiger partial charge is 0.264 e. The molecule has 0 aliphatic rings. The molecule has 9 heteroatoms. The lowest BCUT2D eigenvalue weighted by atomic mass is 10.1. The molecule has 1 amide bonds. The molecule has 2 rings (SSSR count). The lowest BCUT2D eigenvalue weighted by Crippen LogP contribution is -2.32. The van der Waals surface area contributed by atoms with E-state index in [2.05, 4.69) is 5.32 Å². The highest BCUT2D eigenvalue weighted by Crippen LogP contribution is 2.24. The minimum atomic E-state index is -4.58. The van der Waals surface area contributed by atoms with E-state index < -0.39 is 38.3 Å². The van der Waals surface area contributed by atoms with E-state index in [1.54, 1.807) is 6.92 Å². The minimum Gasteiger partial charge on any atom is -0.350 e. The van der Waals surface area contributed by atoms with Gasteiger partial charge in [-0.3, -0.25) is 9.52 Å². The summed E-state index contributed by atoms with van der Waals surface area (Å²) in [5.74, 6) is -5.76. The van der Waals surface area contributed by atoms with E-state index in [9.17, 15) is 26.4 Å². The molecule has 1 unspecified atom stereocenters. The van der Waals surface area contributed by atoms with Gasteiger partial charge in [0, 0.05) is 6.04 Å². The Kier molecular flexibility index (Phi) is 5.91. The van der Waals surface area contributed by atoms with E-state index in [0.29, 0.717) is 18.6 Å². The third-order valence-corrected chi connectivity index (χ3v) is 5.08. The van der Waals surface area contributed by atoms with Crippen LogP contribution in [0.25, 0.3) is 0 Å². The van der Waals surface area contributed by atoms with Gasteiger partial charge >= 0.3 is 0 Å². The van der Waals surface area contributed by atoms with Crippen molar-refractivity contribution in [3.8, 4) is 0 Å². The Morgan fingerprint density at radius 2 is 1.73 bits per heavy atom. The summed E-state index contributed by atoms with van der Waals surface area (Å²) < 4.78 is 67.0. The number of sulfonamides is 1. The summed E-state index contributed by atoms with van der Waals surface area (Å²) in [6.07, 6.45) is 0.666. The molecule has 140 valence electrons. The molecule has 0 fully saturated rings. The standard InChI is InChI=1S/C17H17F3N2O3S/c1-3-10(2)21-17(23)11-6-4-5-7-13(11)22-26(24,25)14-9-8-12(18)15(19)16(14)20/h4-10,22H,3H2,1-2H3,(H,21,23). The van der Waals surface area contributed by atoms with Gasteiger partial charge in [0.2, 0.25) is 0 Å². The number of hydrogen-bond acceptors (Lipinski definition) is 3. The molecule has 2 aromatic carbocycles. The molecule has 0 saturated carbocycles. The molecule has 26 heavy (non-hydrogen) atoms. The fourth-order valence-electron chi connectivity index (χ4n) is 2.09. The van der Waals surface area contributed by atoms with Gasteiger partial charge in [0.05, 0.1) is 11.3 Å². The zero-order chi connectivity index (χ0) is 19.5. The van der Waals surface area contributed by atoms with E-state index in [1.165, 1.54) is 24.3 Å². The van der Waals surface area contributed by atoms with Gasteiger partial charge in [-0.1, -0.05) is 19.1 Å². The number of rotatable bonds is 6. The van der Waals surface area contributed by atoms with Crippen molar-refractivity contribution in [2.45, 2.75) is 31.2 Å². The summed E-state index contributed by atoms with van der Waals surface area (Å²) in [6, 6.07) is 6.67. The fourth-order valence-corrected chi connectivity index (χ4v) is 3.24. The number of anilines is 1. The SMILES string of the molecule is CCC(C)NC(=O)c1ccccc1NS(=O)(=O)c1ccc(F)c(F)c1F. The lowest BCUT2D eigenvalue weighted by molar-refractivity contribution is 0.0940. The van der Waals surface area contributed by atoms with Gasteiger partial charge in [-0.15, -0.1) is 0 Å². The first-order valence-electron chi connectivity index (χ1n) is 7.73. The maximum atomic E-state index is 13.8. The summed E-state index contributed by atoms with van der Waals surface area (Å²) in [6.45, 7) is 3.65. The molecule has 2 N–H and O–H groups in total. The summed E-state index contributed by atoms with van der Waals surface area (Å²) in [7, 11) is -4.58. The Labute approximate surface area is 149 Å². The monoisotopic (exact) mass is 386 g/mol. The molecule has 0 radical (unpaired) electrons. The maximum Gasteiger partial charge on any atom is 0.264 e. The van der Waals surface area contributed by atoms with Gasteiger partial charge in [0.15, 0.2) is 17.5 Å². The average Bonchev–Trinajstić information content (AvgIpc) is 2.59. The van der Waals surface area contributed by atoms with Crippen molar-refractivity contribution in [2.24, 2.45) is 0 Å². The van der Waals surface area contributed by atoms with Crippen LogP contribution in [-0.4, -0.2) is 20.4 Å². The number of carbonyl (C=O) groups excluding carboxylic acids is 1. The molecule has 0 aliphatic carbocycles. The van der Waals surface area contributed by atoms with Gasteiger partial charge in [0.25, 0.3) is 15.9 Å². The van der Waals surface area contributed by atoms with E-state index in [0.717, 1.165) is 0 Å². The van der Waals surface area contributed by atoms with E-state index >= 15 is 0 Å². The molecule has 0 aliphatic heterocycles. The zero-order valence-corrected chi connectivity index (χ0v) is 14.8. The number of hydrogen-bond donors (Lipinski definition) is 2. The van der Waals surface area contributed by atoms with E-state index in [-0.39, 0.29) is 17.3 Å². The molecular formula is C17H17F3N2O3S. The van der Waals surface area contributed by atoms with Crippen LogP contribution in [0.5, 0.6) is 0 Å². The number of carbonyl (C=O) groups is 1. The Balaban J connectivity index is 2.40. The summed E-state index contributed by atoms with van der Waals surface area (Å²) in [5, 5.41) is 2.68. The number of para-hydroxylation sites is 1. The van der Waals surface area contributed by atoms with E-state index in [1.807, 2.05) is 11.6 Å². The number of halogens is 3. The molecule has 2 aromatic rings. The zero-order valence-electron chi connectivity index (χ0n) is 14.0. The minimum absolute atomic E-state index is 0.0133. The summed E-state index contributed by atoms with van der Waals surface area (Å²) in [5.41, 5.74) is -0.100. The van der Waals surface area contributed by atoms with Crippen molar-refractivity contribution in [3.63, 3.8) is 0 Å². The summed E-state index contributed by atoms with van der Waals surface area (Å²) >= 11 is 0. The predicted octanol–water partition coefficient (Wildman–Crippen LogP) is 3.43. The molecule has 5 nitrogen and oxygen atoms in total. The fraction of sp³-hybridized carbons (Fsp3) is 0.235. The van der Waals surface area contributed by atoms with Crippen molar-refractivity contribution >= 4 is 21.6 Å². The van der Waals surface area contributed by atoms with Crippen molar-refractivity contribution in [1.82, 2.24) is 5.32 Å². The Morgan fingerprint density at radius 1 is 1.08 bits per heavy atom. The van der Waals surface area contributed by atoms with Crippen molar-refractivity contribution < 1.29 is 26.4 Å². The highest BCUT2D eigenvalue weighted by Gasteiger charge is 2.25. The van der Waals surface area contributed by atoms with Crippen molar-refractivity contribution in [2.75, 3.05) is 4.72 Å². The van der Waals surface area contributed by atoms with Gasteiger partial charge < -0.3 is 5.32 Å². The third-order valence-electron chi connectivity index (χ3n) is 3.70. The van der Waals surface area contributed by atoms with Crippen LogP contribution in [0, 0.1) is 17.5 Å². The first kappa shape index (κ1) is 19.8. The second-order valence-corrected chi connectivity index (χ2v) is 7.26.